The summed E-state index contributed by atoms with van der Waals surface area (Å²) in [5.41, 5.74) is 9.01. The van der Waals surface area contributed by atoms with Gasteiger partial charge in [-0.05, 0) is 49.6 Å². The second kappa shape index (κ2) is 7.31. The third-order valence-corrected chi connectivity index (χ3v) is 7.57. The van der Waals surface area contributed by atoms with E-state index in [9.17, 15) is 0 Å². The summed E-state index contributed by atoms with van der Waals surface area (Å²) in [6, 6.07) is 8.02. The van der Waals surface area contributed by atoms with E-state index in [1.807, 2.05) is 36.8 Å². The van der Waals surface area contributed by atoms with Gasteiger partial charge in [-0.25, -0.2) is 9.97 Å². The zero-order chi connectivity index (χ0) is 20.0. The molecular formula is C21H23ClN6S. The molecule has 1 atom stereocenters. The Bertz CT molecular complexity index is 1030. The van der Waals surface area contributed by atoms with Crippen LogP contribution in [0.1, 0.15) is 30.1 Å². The highest BCUT2D eigenvalue weighted by Gasteiger charge is 2.46. The fourth-order valence-corrected chi connectivity index (χ4v) is 5.48. The Hall–Kier alpha value is -2.09. The van der Waals surface area contributed by atoms with Crippen LogP contribution in [0.25, 0.3) is 0 Å². The minimum atomic E-state index is 0.0691. The van der Waals surface area contributed by atoms with Crippen molar-refractivity contribution in [1.82, 2.24) is 19.7 Å². The summed E-state index contributed by atoms with van der Waals surface area (Å²) >= 11 is 7.66. The molecule has 5 rings (SSSR count). The van der Waals surface area contributed by atoms with Crippen molar-refractivity contribution in [2.75, 3.05) is 18.0 Å². The van der Waals surface area contributed by atoms with Crippen molar-refractivity contribution < 1.29 is 0 Å². The molecular weight excluding hydrogens is 404 g/mol. The fourth-order valence-electron chi connectivity index (χ4n) is 4.47. The van der Waals surface area contributed by atoms with Crippen LogP contribution in [0.5, 0.6) is 0 Å². The van der Waals surface area contributed by atoms with Crippen LogP contribution < -0.4 is 10.6 Å². The molecule has 0 unspecified atom stereocenters. The number of hydrogen-bond acceptors (Lipinski definition) is 6. The van der Waals surface area contributed by atoms with E-state index < -0.39 is 0 Å². The standard InChI is InChI=1S/C21H23ClN6S/c1-14-10-15(22)2-3-17(14)29-19-12-24-18(11-25-19)27-8-5-21(6-9-27)13-28-16(20(21)23)4-7-26-28/h2-4,7,10-12,20H,5-6,8-9,13,23H2,1H3/t20-/m1/s1. The number of anilines is 1. The maximum atomic E-state index is 6.58. The molecule has 1 fully saturated rings. The van der Waals surface area contributed by atoms with Gasteiger partial charge in [0.15, 0.2) is 0 Å². The third-order valence-electron chi connectivity index (χ3n) is 6.24. The van der Waals surface area contributed by atoms with Gasteiger partial charge in [-0.1, -0.05) is 23.4 Å². The second-order valence-corrected chi connectivity index (χ2v) is 9.46. The molecule has 2 aromatic heterocycles. The van der Waals surface area contributed by atoms with Gasteiger partial charge in [0.1, 0.15) is 10.8 Å². The lowest BCUT2D eigenvalue weighted by Crippen LogP contribution is -2.45. The van der Waals surface area contributed by atoms with Gasteiger partial charge in [0.2, 0.25) is 0 Å². The molecule has 0 bridgehead atoms. The molecule has 1 aromatic carbocycles. The minimum Gasteiger partial charge on any atom is -0.355 e. The van der Waals surface area contributed by atoms with Crippen LogP contribution in [-0.4, -0.2) is 32.8 Å². The molecule has 0 aliphatic carbocycles. The molecule has 6 nitrogen and oxygen atoms in total. The molecule has 150 valence electrons. The molecule has 1 saturated heterocycles. The van der Waals surface area contributed by atoms with Gasteiger partial charge in [0, 0.05) is 41.2 Å². The molecule has 0 saturated carbocycles. The van der Waals surface area contributed by atoms with Crippen molar-refractivity contribution in [2.45, 2.75) is 42.3 Å². The van der Waals surface area contributed by atoms with Crippen molar-refractivity contribution >= 4 is 29.2 Å². The third kappa shape index (κ3) is 3.41. The van der Waals surface area contributed by atoms with E-state index >= 15 is 0 Å². The number of nitrogens with two attached hydrogens (primary N) is 1. The Kier molecular flexibility index (Phi) is 4.76. The Morgan fingerprint density at radius 1 is 1.17 bits per heavy atom. The van der Waals surface area contributed by atoms with Crippen LogP contribution in [0.3, 0.4) is 0 Å². The van der Waals surface area contributed by atoms with Gasteiger partial charge < -0.3 is 10.6 Å². The number of aromatic nitrogens is 4. The predicted octanol–water partition coefficient (Wildman–Crippen LogP) is 4.09. The van der Waals surface area contributed by atoms with E-state index in [0.717, 1.165) is 64.5 Å². The number of nitrogens with zero attached hydrogens (tertiary/aromatic N) is 5. The average molecular weight is 427 g/mol. The molecule has 2 N–H and O–H groups in total. The highest BCUT2D eigenvalue weighted by Crippen LogP contribution is 2.47. The predicted molar refractivity (Wildman–Crippen MR) is 115 cm³/mol. The van der Waals surface area contributed by atoms with Crippen molar-refractivity contribution in [3.05, 3.63) is 59.1 Å². The number of rotatable bonds is 3. The molecule has 0 radical (unpaired) electrons. The van der Waals surface area contributed by atoms with Crippen molar-refractivity contribution in [2.24, 2.45) is 11.1 Å². The van der Waals surface area contributed by atoms with Crippen molar-refractivity contribution in [1.29, 1.82) is 0 Å². The first-order valence-corrected chi connectivity index (χ1v) is 11.0. The molecule has 1 spiro atoms. The number of halogens is 1. The van der Waals surface area contributed by atoms with Crippen LogP contribution in [0, 0.1) is 12.3 Å². The lowest BCUT2D eigenvalue weighted by molar-refractivity contribution is 0.170. The topological polar surface area (TPSA) is 72.9 Å². The lowest BCUT2D eigenvalue weighted by atomic mass is 9.73. The smallest absolute Gasteiger partial charge is 0.147 e. The van der Waals surface area contributed by atoms with Crippen LogP contribution in [0.4, 0.5) is 5.82 Å². The minimum absolute atomic E-state index is 0.0691. The van der Waals surface area contributed by atoms with Crippen molar-refractivity contribution in [3.63, 3.8) is 0 Å². The Labute approximate surface area is 179 Å². The first-order chi connectivity index (χ1) is 14.0. The van der Waals surface area contributed by atoms with Crippen LogP contribution in [0.2, 0.25) is 5.02 Å². The molecule has 2 aliphatic rings. The summed E-state index contributed by atoms with van der Waals surface area (Å²) in [5, 5.41) is 6.06. The maximum absolute atomic E-state index is 6.58. The second-order valence-electron chi connectivity index (χ2n) is 7.97. The largest absolute Gasteiger partial charge is 0.355 e. The summed E-state index contributed by atoms with van der Waals surface area (Å²) in [7, 11) is 0. The summed E-state index contributed by atoms with van der Waals surface area (Å²) in [4.78, 5) is 12.8. The normalized spacial score (nSPS) is 20.2. The summed E-state index contributed by atoms with van der Waals surface area (Å²) in [5.74, 6) is 0.932. The Morgan fingerprint density at radius 3 is 2.69 bits per heavy atom. The quantitative estimate of drug-likeness (QED) is 0.680. The van der Waals surface area contributed by atoms with Crippen LogP contribution in [0.15, 0.2) is 52.8 Å². The van der Waals surface area contributed by atoms with Crippen LogP contribution in [-0.2, 0) is 6.54 Å². The molecule has 0 amide bonds. The molecule has 8 heteroatoms. The van der Waals surface area contributed by atoms with Crippen LogP contribution >= 0.6 is 23.4 Å². The first kappa shape index (κ1) is 18.9. The SMILES string of the molecule is Cc1cc(Cl)ccc1Sc1cnc(N2CCC3(CC2)Cn2nccc2[C@H]3N)cn1. The van der Waals surface area contributed by atoms with Gasteiger partial charge in [0.25, 0.3) is 0 Å². The monoisotopic (exact) mass is 426 g/mol. The van der Waals surface area contributed by atoms with Gasteiger partial charge >= 0.3 is 0 Å². The van der Waals surface area contributed by atoms with E-state index in [1.165, 1.54) is 0 Å². The highest BCUT2D eigenvalue weighted by molar-refractivity contribution is 7.99. The van der Waals surface area contributed by atoms with E-state index in [0.29, 0.717) is 0 Å². The van der Waals surface area contributed by atoms with E-state index in [4.69, 9.17) is 17.3 Å². The number of benzene rings is 1. The zero-order valence-corrected chi connectivity index (χ0v) is 17.8. The first-order valence-electron chi connectivity index (χ1n) is 9.82. The number of fused-ring (bicyclic) bond motifs is 1. The van der Waals surface area contributed by atoms with E-state index in [-0.39, 0.29) is 11.5 Å². The summed E-state index contributed by atoms with van der Waals surface area (Å²) < 4.78 is 2.07. The number of aryl methyl sites for hydroxylation is 1. The zero-order valence-electron chi connectivity index (χ0n) is 16.3. The fraction of sp³-hybridized carbons (Fsp3) is 0.381. The van der Waals surface area contributed by atoms with Crippen molar-refractivity contribution in [3.8, 4) is 0 Å². The van der Waals surface area contributed by atoms with E-state index in [1.54, 1.807) is 11.8 Å². The lowest BCUT2D eigenvalue weighted by Gasteiger charge is -2.41. The number of piperidine rings is 1. The number of hydrogen-bond donors (Lipinski definition) is 1. The molecule has 3 aromatic rings. The van der Waals surface area contributed by atoms with Gasteiger partial charge in [-0.3, -0.25) is 4.68 Å². The summed E-state index contributed by atoms with van der Waals surface area (Å²) in [6.07, 6.45) is 7.66. The van der Waals surface area contributed by atoms with Gasteiger partial charge in [0.05, 0.1) is 24.1 Å². The summed E-state index contributed by atoms with van der Waals surface area (Å²) in [6.45, 7) is 4.86. The molecule has 4 heterocycles. The van der Waals surface area contributed by atoms with E-state index in [2.05, 4.69) is 37.6 Å². The highest BCUT2D eigenvalue weighted by atomic mass is 35.5. The maximum Gasteiger partial charge on any atom is 0.147 e. The van der Waals surface area contributed by atoms with Gasteiger partial charge in [-0.15, -0.1) is 0 Å². The molecule has 2 aliphatic heterocycles. The average Bonchev–Trinajstić information content (AvgIpc) is 3.27. The van der Waals surface area contributed by atoms with Gasteiger partial charge in [-0.2, -0.15) is 5.10 Å². The Morgan fingerprint density at radius 2 is 2.00 bits per heavy atom. The molecule has 29 heavy (non-hydrogen) atoms. The Balaban J connectivity index is 1.24.